The smallest absolute Gasteiger partial charge is 0.339 e. The Hall–Kier alpha value is -1.49. The average Bonchev–Trinajstić information content (AvgIpc) is 2.49. The Kier molecular flexibility index (Phi) is 1.51. The highest BCUT2D eigenvalue weighted by Crippen LogP contribution is 2.19. The first kappa shape index (κ1) is 7.17. The third-order valence-corrected chi connectivity index (χ3v) is 2.24. The van der Waals surface area contributed by atoms with E-state index in [0.717, 1.165) is 4.70 Å². The van der Waals surface area contributed by atoms with Gasteiger partial charge in [0.15, 0.2) is 0 Å². The molecule has 0 amide bonds. The average molecular weight is 180 g/mol. The molecule has 4 nitrogen and oxygen atoms in total. The van der Waals surface area contributed by atoms with Gasteiger partial charge in [-0.3, -0.25) is 4.98 Å². The van der Waals surface area contributed by atoms with Crippen molar-refractivity contribution in [3.8, 4) is 0 Å². The highest BCUT2D eigenvalue weighted by atomic mass is 32.1. The van der Waals surface area contributed by atoms with Gasteiger partial charge in [0.1, 0.15) is 5.56 Å². The standard InChI is InChI=1S/C7H4N2O2S/c10-7(11)4-1-8-2-5-6(4)9-3-12-5/h1-3H,(H,10,11). The number of thiazole rings is 1. The SMILES string of the molecule is O=C(O)c1cncc2scnc12. The molecule has 0 bridgehead atoms. The van der Waals surface area contributed by atoms with Gasteiger partial charge < -0.3 is 5.11 Å². The number of pyridine rings is 1. The van der Waals surface area contributed by atoms with Crippen LogP contribution in [0, 0.1) is 0 Å². The predicted molar refractivity (Wildman–Crippen MR) is 44.4 cm³/mol. The van der Waals surface area contributed by atoms with Gasteiger partial charge in [-0.05, 0) is 0 Å². The van der Waals surface area contributed by atoms with Crippen LogP contribution >= 0.6 is 11.3 Å². The van der Waals surface area contributed by atoms with Gasteiger partial charge in [-0.2, -0.15) is 0 Å². The van der Waals surface area contributed by atoms with E-state index in [2.05, 4.69) is 9.97 Å². The van der Waals surface area contributed by atoms with E-state index in [9.17, 15) is 4.79 Å². The minimum absolute atomic E-state index is 0.161. The molecule has 5 heteroatoms. The molecule has 0 aromatic carbocycles. The Morgan fingerprint density at radius 1 is 1.50 bits per heavy atom. The Labute approximate surface area is 71.5 Å². The second-order valence-corrected chi connectivity index (χ2v) is 3.08. The molecule has 0 unspecified atom stereocenters. The molecule has 12 heavy (non-hydrogen) atoms. The van der Waals surface area contributed by atoms with E-state index in [1.165, 1.54) is 17.5 Å². The van der Waals surface area contributed by atoms with Gasteiger partial charge in [0.05, 0.1) is 15.7 Å². The van der Waals surface area contributed by atoms with Crippen LogP contribution in [0.4, 0.5) is 0 Å². The Morgan fingerprint density at radius 3 is 3.08 bits per heavy atom. The normalized spacial score (nSPS) is 10.3. The van der Waals surface area contributed by atoms with Crippen LogP contribution in [0.15, 0.2) is 17.9 Å². The number of aromatic carboxylic acids is 1. The van der Waals surface area contributed by atoms with Gasteiger partial charge in [0.2, 0.25) is 0 Å². The summed E-state index contributed by atoms with van der Waals surface area (Å²) in [5.74, 6) is -0.987. The molecule has 0 aliphatic heterocycles. The van der Waals surface area contributed by atoms with Gasteiger partial charge in [0.25, 0.3) is 0 Å². The molecular weight excluding hydrogens is 176 g/mol. The molecule has 0 saturated carbocycles. The number of carboxylic acids is 1. The molecule has 2 aromatic heterocycles. The summed E-state index contributed by atoms with van der Waals surface area (Å²) in [7, 11) is 0. The fourth-order valence-electron chi connectivity index (χ4n) is 0.946. The zero-order valence-corrected chi connectivity index (χ0v) is 6.71. The lowest BCUT2D eigenvalue weighted by Gasteiger charge is -1.92. The van der Waals surface area contributed by atoms with Crippen molar-refractivity contribution in [3.63, 3.8) is 0 Å². The first-order chi connectivity index (χ1) is 5.79. The molecule has 0 atom stereocenters. The summed E-state index contributed by atoms with van der Waals surface area (Å²) in [5.41, 5.74) is 2.29. The quantitative estimate of drug-likeness (QED) is 0.720. The van der Waals surface area contributed by atoms with Crippen LogP contribution in [-0.4, -0.2) is 21.0 Å². The number of rotatable bonds is 1. The van der Waals surface area contributed by atoms with Crippen molar-refractivity contribution in [1.29, 1.82) is 0 Å². The van der Waals surface area contributed by atoms with Crippen molar-refractivity contribution >= 4 is 27.5 Å². The van der Waals surface area contributed by atoms with E-state index in [4.69, 9.17) is 5.11 Å². The maximum atomic E-state index is 10.6. The van der Waals surface area contributed by atoms with E-state index >= 15 is 0 Å². The van der Waals surface area contributed by atoms with Crippen LogP contribution in [-0.2, 0) is 0 Å². The predicted octanol–water partition coefficient (Wildman–Crippen LogP) is 1.39. The summed E-state index contributed by atoms with van der Waals surface area (Å²) in [6, 6.07) is 0. The largest absolute Gasteiger partial charge is 0.478 e. The number of hydrogen-bond donors (Lipinski definition) is 1. The second-order valence-electron chi connectivity index (χ2n) is 2.19. The zero-order chi connectivity index (χ0) is 8.55. The molecule has 0 aliphatic carbocycles. The molecular formula is C7H4N2O2S. The lowest BCUT2D eigenvalue weighted by atomic mass is 10.2. The highest BCUT2D eigenvalue weighted by Gasteiger charge is 2.09. The molecule has 1 N–H and O–H groups in total. The van der Waals surface area contributed by atoms with Crippen molar-refractivity contribution in [3.05, 3.63) is 23.5 Å². The summed E-state index contributed by atoms with van der Waals surface area (Å²) in [4.78, 5) is 18.4. The molecule has 0 aliphatic rings. The number of carboxylic acid groups (broad SMARTS) is 1. The lowest BCUT2D eigenvalue weighted by molar-refractivity contribution is 0.0698. The van der Waals surface area contributed by atoms with Crippen LogP contribution in [0.2, 0.25) is 0 Å². The first-order valence-electron chi connectivity index (χ1n) is 3.19. The van der Waals surface area contributed by atoms with Crippen LogP contribution in [0.3, 0.4) is 0 Å². The van der Waals surface area contributed by atoms with Gasteiger partial charge in [-0.15, -0.1) is 11.3 Å². The van der Waals surface area contributed by atoms with Gasteiger partial charge in [-0.1, -0.05) is 0 Å². The monoisotopic (exact) mass is 180 g/mol. The number of fused-ring (bicyclic) bond motifs is 1. The second kappa shape index (κ2) is 2.53. The van der Waals surface area contributed by atoms with Crippen LogP contribution in [0.25, 0.3) is 10.2 Å². The molecule has 0 radical (unpaired) electrons. The van der Waals surface area contributed by atoms with E-state index in [1.807, 2.05) is 0 Å². The Morgan fingerprint density at radius 2 is 2.33 bits per heavy atom. The van der Waals surface area contributed by atoms with Crippen molar-refractivity contribution in [2.75, 3.05) is 0 Å². The Bertz CT molecular complexity index is 438. The summed E-state index contributed by atoms with van der Waals surface area (Å²) in [6.45, 7) is 0. The van der Waals surface area contributed by atoms with Crippen LogP contribution in [0.5, 0.6) is 0 Å². The molecule has 2 aromatic rings. The minimum Gasteiger partial charge on any atom is -0.478 e. The van der Waals surface area contributed by atoms with Crippen molar-refractivity contribution in [2.24, 2.45) is 0 Å². The molecule has 2 rings (SSSR count). The van der Waals surface area contributed by atoms with Crippen molar-refractivity contribution < 1.29 is 9.90 Å². The van der Waals surface area contributed by atoms with E-state index < -0.39 is 5.97 Å². The number of nitrogens with zero attached hydrogens (tertiary/aromatic N) is 2. The molecule has 0 fully saturated rings. The third kappa shape index (κ3) is 0.947. The summed E-state index contributed by atoms with van der Waals surface area (Å²) in [6.07, 6.45) is 2.92. The molecule has 0 saturated heterocycles. The van der Waals surface area contributed by atoms with Crippen molar-refractivity contribution in [1.82, 2.24) is 9.97 Å². The molecule has 60 valence electrons. The van der Waals surface area contributed by atoms with E-state index in [-0.39, 0.29) is 5.56 Å². The number of carbonyl (C=O) groups is 1. The van der Waals surface area contributed by atoms with E-state index in [0.29, 0.717) is 5.52 Å². The lowest BCUT2D eigenvalue weighted by Crippen LogP contribution is -1.97. The molecule has 2 heterocycles. The van der Waals surface area contributed by atoms with Gasteiger partial charge in [-0.25, -0.2) is 9.78 Å². The fraction of sp³-hybridized carbons (Fsp3) is 0. The van der Waals surface area contributed by atoms with Gasteiger partial charge >= 0.3 is 5.97 Å². The third-order valence-electron chi connectivity index (χ3n) is 1.48. The Balaban J connectivity index is 2.82. The van der Waals surface area contributed by atoms with Gasteiger partial charge in [0, 0.05) is 12.4 Å². The zero-order valence-electron chi connectivity index (χ0n) is 5.89. The minimum atomic E-state index is -0.987. The first-order valence-corrected chi connectivity index (χ1v) is 4.07. The highest BCUT2D eigenvalue weighted by molar-refractivity contribution is 7.16. The fourth-order valence-corrected chi connectivity index (χ4v) is 1.61. The number of aromatic nitrogens is 2. The topological polar surface area (TPSA) is 63.1 Å². The summed E-state index contributed by atoms with van der Waals surface area (Å²) >= 11 is 1.38. The van der Waals surface area contributed by atoms with Crippen molar-refractivity contribution in [2.45, 2.75) is 0 Å². The number of hydrogen-bond acceptors (Lipinski definition) is 4. The van der Waals surface area contributed by atoms with E-state index in [1.54, 1.807) is 11.7 Å². The maximum absolute atomic E-state index is 10.6. The molecule has 0 spiro atoms. The maximum Gasteiger partial charge on any atom is 0.339 e. The van der Waals surface area contributed by atoms with Crippen LogP contribution < -0.4 is 0 Å². The summed E-state index contributed by atoms with van der Waals surface area (Å²) in [5, 5.41) is 8.73. The van der Waals surface area contributed by atoms with Crippen LogP contribution in [0.1, 0.15) is 10.4 Å². The summed E-state index contributed by atoms with van der Waals surface area (Å²) < 4.78 is 0.801.